The Morgan fingerprint density at radius 3 is 2.13 bits per heavy atom. The molecule has 1 aromatic heterocycles. The molecule has 2 atom stereocenters. The molecule has 3 aromatic rings. The number of nitrogens with two attached hydrogens (primary N) is 1. The molecule has 2 aromatic carbocycles. The van der Waals surface area contributed by atoms with Gasteiger partial charge < -0.3 is 20.2 Å². The fourth-order valence-electron chi connectivity index (χ4n) is 7.78. The number of nitrogens with one attached hydrogen (secondary N) is 2. The van der Waals surface area contributed by atoms with Crippen LogP contribution in [-0.2, 0) is 24.3 Å². The molecule has 0 saturated heterocycles. The number of aliphatic imine (C=N–C) groups is 1. The maximum Gasteiger partial charge on any atom is 0.342 e. The van der Waals surface area contributed by atoms with Crippen molar-refractivity contribution in [1.29, 1.82) is 0 Å². The topological polar surface area (TPSA) is 153 Å². The average molecular weight is 743 g/mol. The molecule has 5 rings (SSSR count). The summed E-state index contributed by atoms with van der Waals surface area (Å²) < 4.78 is 38.6. The predicted molar refractivity (Wildman–Crippen MR) is 213 cm³/mol. The Morgan fingerprint density at radius 1 is 0.962 bits per heavy atom. The number of sulfonamides is 1. The summed E-state index contributed by atoms with van der Waals surface area (Å²) in [6, 6.07) is 16.2. The summed E-state index contributed by atoms with van der Waals surface area (Å²) in [5.41, 5.74) is 11.1. The Hall–Kier alpha value is -4.64. The van der Waals surface area contributed by atoms with Crippen molar-refractivity contribution in [3.8, 4) is 11.3 Å². The zero-order chi connectivity index (χ0) is 39.0. The van der Waals surface area contributed by atoms with E-state index in [0.717, 1.165) is 24.7 Å². The average Bonchev–Trinajstić information content (AvgIpc) is 3.56. The van der Waals surface area contributed by atoms with Gasteiger partial charge in [-0.2, -0.15) is 0 Å². The minimum Gasteiger partial charge on any atom is -0.462 e. The normalized spacial score (nSPS) is 21.8. The second-order valence-electron chi connectivity index (χ2n) is 16.6. The lowest BCUT2D eigenvalue weighted by Crippen LogP contribution is -2.49. The first-order valence-corrected chi connectivity index (χ1v) is 20.1. The van der Waals surface area contributed by atoms with Crippen LogP contribution in [0.1, 0.15) is 95.4 Å². The highest BCUT2D eigenvalue weighted by atomic mass is 32.2. The van der Waals surface area contributed by atoms with Crippen molar-refractivity contribution in [2.75, 3.05) is 17.6 Å². The number of anilines is 1. The number of carbonyl (C=O) groups is 2. The number of rotatable bonds is 9. The second kappa shape index (κ2) is 15.0. The van der Waals surface area contributed by atoms with Gasteiger partial charge in [0.15, 0.2) is 0 Å². The van der Waals surface area contributed by atoms with Gasteiger partial charge in [-0.3, -0.25) is 4.72 Å². The van der Waals surface area contributed by atoms with Crippen LogP contribution in [0.25, 0.3) is 22.9 Å². The van der Waals surface area contributed by atoms with Gasteiger partial charge in [0.2, 0.25) is 10.0 Å². The summed E-state index contributed by atoms with van der Waals surface area (Å²) in [6.07, 6.45) is 4.44. The second-order valence-corrected chi connectivity index (χ2v) is 18.4. The van der Waals surface area contributed by atoms with Crippen molar-refractivity contribution in [2.24, 2.45) is 39.3 Å². The third-order valence-corrected chi connectivity index (χ3v) is 11.0. The molecule has 53 heavy (non-hydrogen) atoms. The lowest BCUT2D eigenvalue weighted by atomic mass is 9.59. The minimum absolute atomic E-state index is 0.0542. The highest BCUT2D eigenvalue weighted by Crippen LogP contribution is 2.50. The highest BCUT2D eigenvalue weighted by Gasteiger charge is 2.48. The van der Waals surface area contributed by atoms with Crippen LogP contribution in [0, 0.1) is 35.5 Å². The monoisotopic (exact) mass is 742 g/mol. The summed E-state index contributed by atoms with van der Waals surface area (Å²) >= 11 is 0. The lowest BCUT2D eigenvalue weighted by molar-refractivity contribution is -0.164. The van der Waals surface area contributed by atoms with Crippen molar-refractivity contribution in [1.82, 2.24) is 4.98 Å². The first kappa shape index (κ1) is 39.6. The summed E-state index contributed by atoms with van der Waals surface area (Å²) in [7, 11) is -3.54. The number of ether oxygens (including phenoxy) is 2. The van der Waals surface area contributed by atoms with Crippen LogP contribution in [0.3, 0.4) is 0 Å². The first-order chi connectivity index (χ1) is 24.7. The number of carbonyl (C=O) groups excluding carboxylic acids is 2. The Balaban J connectivity index is 1.65. The minimum atomic E-state index is -3.54. The third-order valence-electron chi connectivity index (χ3n) is 10.3. The van der Waals surface area contributed by atoms with Gasteiger partial charge in [-0.05, 0) is 72.8 Å². The van der Waals surface area contributed by atoms with Crippen molar-refractivity contribution < 1.29 is 27.5 Å². The Kier molecular flexibility index (Phi) is 11.2. The van der Waals surface area contributed by atoms with Gasteiger partial charge in [-0.25, -0.2) is 23.0 Å². The van der Waals surface area contributed by atoms with E-state index in [4.69, 9.17) is 20.2 Å². The van der Waals surface area contributed by atoms with Gasteiger partial charge in [0, 0.05) is 34.4 Å². The maximum atomic E-state index is 14.5. The van der Waals surface area contributed by atoms with E-state index in [-0.39, 0.29) is 46.8 Å². The third kappa shape index (κ3) is 8.78. The summed E-state index contributed by atoms with van der Waals surface area (Å²) in [5, 5.41) is 0. The van der Waals surface area contributed by atoms with Gasteiger partial charge in [-0.15, -0.1) is 0 Å². The van der Waals surface area contributed by atoms with E-state index in [1.807, 2.05) is 30.3 Å². The van der Waals surface area contributed by atoms with Crippen LogP contribution in [0.5, 0.6) is 0 Å². The van der Waals surface area contributed by atoms with E-state index >= 15 is 0 Å². The molecule has 11 heteroatoms. The summed E-state index contributed by atoms with van der Waals surface area (Å²) in [5.74, 6) is -0.216. The number of hydrogen-bond donors (Lipinski definition) is 3. The molecule has 1 fully saturated rings. The smallest absolute Gasteiger partial charge is 0.342 e. The molecule has 0 radical (unpaired) electrons. The van der Waals surface area contributed by atoms with Gasteiger partial charge in [0.1, 0.15) is 17.5 Å². The van der Waals surface area contributed by atoms with E-state index < -0.39 is 22.0 Å². The molecular formula is C42H54N4O6S. The summed E-state index contributed by atoms with van der Waals surface area (Å²) in [4.78, 5) is 36.1. The fourth-order valence-corrected chi connectivity index (χ4v) is 8.33. The van der Waals surface area contributed by atoms with Crippen molar-refractivity contribution in [3.05, 3.63) is 88.3 Å². The van der Waals surface area contributed by atoms with E-state index in [1.54, 1.807) is 44.2 Å². The molecule has 0 spiro atoms. The number of H-pyrrole nitrogens is 1. The molecule has 1 aliphatic heterocycles. The van der Waals surface area contributed by atoms with Crippen LogP contribution in [-0.4, -0.2) is 50.1 Å². The van der Waals surface area contributed by atoms with Crippen LogP contribution < -0.4 is 10.5 Å². The maximum absolute atomic E-state index is 14.5. The molecule has 2 unspecified atom stereocenters. The molecule has 1 saturated carbocycles. The number of hydrogen-bond acceptors (Lipinski definition) is 8. The van der Waals surface area contributed by atoms with Gasteiger partial charge in [0.05, 0.1) is 29.8 Å². The summed E-state index contributed by atoms with van der Waals surface area (Å²) in [6.45, 7) is 19.3. The van der Waals surface area contributed by atoms with Crippen molar-refractivity contribution in [3.63, 3.8) is 0 Å². The quantitative estimate of drug-likeness (QED) is 0.186. The first-order valence-electron chi connectivity index (χ1n) is 18.2. The van der Waals surface area contributed by atoms with E-state index in [0.29, 0.717) is 51.0 Å². The largest absolute Gasteiger partial charge is 0.462 e. The molecule has 0 bridgehead atoms. The van der Waals surface area contributed by atoms with Gasteiger partial charge in [-0.1, -0.05) is 90.9 Å². The van der Waals surface area contributed by atoms with Crippen LogP contribution >= 0.6 is 0 Å². The molecule has 2 heterocycles. The molecule has 284 valence electrons. The lowest BCUT2D eigenvalue weighted by Gasteiger charge is -2.50. The van der Waals surface area contributed by atoms with E-state index in [9.17, 15) is 18.0 Å². The fraction of sp³-hybridized carbons (Fsp3) is 0.452. The number of allylic oxidation sites excluding steroid dienone is 1. The molecule has 0 amide bonds. The molecule has 10 nitrogen and oxygen atoms in total. The predicted octanol–water partition coefficient (Wildman–Crippen LogP) is 8.37. The SMILES string of the molecule is CCOC(=O)c1c(-c2cccc(NS(C)(=O)=O)c2)[nH]c(/C=C2\N=C(N)C(C(=O)OC3C(C(C)(C)C)CC(C)CC3C(C)(C)C)=C2c2ccccc2)c1C. The van der Waals surface area contributed by atoms with E-state index in [2.05, 4.69) is 58.2 Å². The number of aromatic nitrogens is 1. The van der Waals surface area contributed by atoms with E-state index in [1.165, 1.54) is 0 Å². The molecule has 4 N–H and O–H groups in total. The standard InChI is InChI=1S/C42H54N4O6S/c1-11-51-39(47)33-25(3)31(44-36(33)27-18-15-19-28(22-27)46-53(10,49)50)23-32-34(26-16-13-12-14-17-26)35(38(43)45-32)40(48)52-37-29(41(4,5)6)20-24(2)21-30(37)42(7,8)9/h12-19,22-24,29-30,37,44,46H,11,20-21H2,1-10H3,(H2,43,45)/b32-23-. The Morgan fingerprint density at radius 2 is 1.57 bits per heavy atom. The highest BCUT2D eigenvalue weighted by molar-refractivity contribution is 7.92. The Labute approximate surface area is 314 Å². The number of amidine groups is 1. The number of nitrogens with zero attached hydrogens (tertiary/aromatic N) is 1. The van der Waals surface area contributed by atoms with Crippen LogP contribution in [0.15, 0.2) is 70.9 Å². The molecule has 2 aliphatic rings. The number of benzene rings is 2. The van der Waals surface area contributed by atoms with Crippen LogP contribution in [0.4, 0.5) is 5.69 Å². The van der Waals surface area contributed by atoms with Crippen molar-refractivity contribution >= 4 is 45.1 Å². The van der Waals surface area contributed by atoms with Gasteiger partial charge >= 0.3 is 11.9 Å². The Bertz CT molecular complexity index is 2060. The number of esters is 2. The zero-order valence-corrected chi connectivity index (χ0v) is 33.4. The number of aromatic amines is 1. The van der Waals surface area contributed by atoms with Gasteiger partial charge in [0.25, 0.3) is 0 Å². The molecular weight excluding hydrogens is 689 g/mol. The van der Waals surface area contributed by atoms with Crippen LogP contribution in [0.2, 0.25) is 0 Å². The molecule has 1 aliphatic carbocycles. The zero-order valence-electron chi connectivity index (χ0n) is 32.6. The van der Waals surface area contributed by atoms with Crippen molar-refractivity contribution in [2.45, 2.75) is 81.3 Å².